The summed E-state index contributed by atoms with van der Waals surface area (Å²) >= 11 is 0. The summed E-state index contributed by atoms with van der Waals surface area (Å²) in [7, 11) is -3.54. The van der Waals surface area contributed by atoms with E-state index in [-0.39, 0.29) is 11.4 Å². The Bertz CT molecular complexity index is 612. The van der Waals surface area contributed by atoms with Crippen molar-refractivity contribution < 1.29 is 12.8 Å². The molecule has 0 fully saturated rings. The van der Waals surface area contributed by atoms with E-state index in [1.807, 2.05) is 0 Å². The minimum atomic E-state index is -3.54. The van der Waals surface area contributed by atoms with Crippen LogP contribution in [0.5, 0.6) is 0 Å². The lowest BCUT2D eigenvalue weighted by Crippen LogP contribution is -2.23. The van der Waals surface area contributed by atoms with Gasteiger partial charge in [-0.25, -0.2) is 13.1 Å². The quantitative estimate of drug-likeness (QED) is 0.856. The molecule has 0 aliphatic heterocycles. The third kappa shape index (κ3) is 2.56. The molecule has 0 atom stereocenters. The van der Waals surface area contributed by atoms with E-state index in [0.29, 0.717) is 11.5 Å². The minimum Gasteiger partial charge on any atom is -0.465 e. The molecule has 0 bridgehead atoms. The zero-order valence-corrected chi connectivity index (χ0v) is 10.3. The fourth-order valence-electron chi connectivity index (χ4n) is 1.43. The van der Waals surface area contributed by atoms with E-state index in [4.69, 9.17) is 4.42 Å². The first kappa shape index (κ1) is 11.9. The number of nitrogens with zero attached hydrogens (tertiary/aromatic N) is 1. The van der Waals surface area contributed by atoms with Crippen LogP contribution in [0.15, 0.2) is 27.6 Å². The first-order valence-corrected chi connectivity index (χ1v) is 6.52. The lowest BCUT2D eigenvalue weighted by Gasteiger charge is -2.03. The summed E-state index contributed by atoms with van der Waals surface area (Å²) in [4.78, 5) is 0.153. The predicted molar refractivity (Wildman–Crippen MR) is 60.8 cm³/mol. The van der Waals surface area contributed by atoms with Crippen LogP contribution in [0, 0.1) is 13.8 Å². The zero-order chi connectivity index (χ0) is 12.5. The van der Waals surface area contributed by atoms with Gasteiger partial charge < -0.3 is 4.42 Å². The first-order valence-electron chi connectivity index (χ1n) is 5.04. The maximum atomic E-state index is 11.9. The third-order valence-corrected chi connectivity index (χ3v) is 3.82. The molecule has 2 rings (SSSR count). The van der Waals surface area contributed by atoms with Gasteiger partial charge in [0.1, 0.15) is 16.4 Å². The van der Waals surface area contributed by atoms with E-state index in [0.717, 1.165) is 5.76 Å². The standard InChI is InChI=1S/C10H13N3O3S/c1-7-3-4-9(16-7)5-12-17(14,15)10-6-11-13-8(10)2/h3-4,6,12H,5H2,1-2H3,(H,11,13). The smallest absolute Gasteiger partial charge is 0.244 e. The molecule has 17 heavy (non-hydrogen) atoms. The highest BCUT2D eigenvalue weighted by molar-refractivity contribution is 7.89. The first-order chi connectivity index (χ1) is 7.99. The molecular formula is C10H13N3O3S. The van der Waals surface area contributed by atoms with Crippen LogP contribution in [0.2, 0.25) is 0 Å². The fraction of sp³-hybridized carbons (Fsp3) is 0.300. The number of rotatable bonds is 4. The van der Waals surface area contributed by atoms with Crippen molar-refractivity contribution in [2.24, 2.45) is 0 Å². The van der Waals surface area contributed by atoms with Gasteiger partial charge in [-0.15, -0.1) is 0 Å². The molecule has 0 radical (unpaired) electrons. The lowest BCUT2D eigenvalue weighted by molar-refractivity contribution is 0.475. The molecule has 0 aliphatic rings. The molecule has 0 aliphatic carbocycles. The Morgan fingerprint density at radius 3 is 2.71 bits per heavy atom. The summed E-state index contributed by atoms with van der Waals surface area (Å²) in [5.74, 6) is 1.32. The van der Waals surface area contributed by atoms with Crippen LogP contribution >= 0.6 is 0 Å². The van der Waals surface area contributed by atoms with Crippen LogP contribution in [-0.2, 0) is 16.6 Å². The van der Waals surface area contributed by atoms with Crippen molar-refractivity contribution in [1.29, 1.82) is 0 Å². The Hall–Kier alpha value is -1.60. The summed E-state index contributed by atoms with van der Waals surface area (Å²) < 4.78 is 31.5. The van der Waals surface area contributed by atoms with Crippen molar-refractivity contribution in [1.82, 2.24) is 14.9 Å². The Kier molecular flexibility index (Phi) is 3.03. The Morgan fingerprint density at radius 1 is 1.41 bits per heavy atom. The second-order valence-electron chi connectivity index (χ2n) is 3.70. The van der Waals surface area contributed by atoms with Gasteiger partial charge in [0.05, 0.1) is 18.4 Å². The molecule has 2 aromatic rings. The summed E-state index contributed by atoms with van der Waals surface area (Å²) in [5.41, 5.74) is 0.508. The van der Waals surface area contributed by atoms with Crippen LogP contribution in [-0.4, -0.2) is 18.6 Å². The molecule has 6 nitrogen and oxygen atoms in total. The highest BCUT2D eigenvalue weighted by Gasteiger charge is 2.18. The van der Waals surface area contributed by atoms with E-state index in [9.17, 15) is 8.42 Å². The van der Waals surface area contributed by atoms with Gasteiger partial charge in [-0.1, -0.05) is 0 Å². The normalized spacial score (nSPS) is 11.9. The topological polar surface area (TPSA) is 88.0 Å². The average Bonchev–Trinajstić information content (AvgIpc) is 2.85. The number of nitrogens with one attached hydrogen (secondary N) is 2. The number of sulfonamides is 1. The van der Waals surface area contributed by atoms with E-state index in [1.54, 1.807) is 26.0 Å². The number of aromatic nitrogens is 2. The van der Waals surface area contributed by atoms with Gasteiger partial charge in [0.25, 0.3) is 0 Å². The van der Waals surface area contributed by atoms with Gasteiger partial charge in [0.2, 0.25) is 10.0 Å². The molecule has 0 unspecified atom stereocenters. The Morgan fingerprint density at radius 2 is 2.18 bits per heavy atom. The highest BCUT2D eigenvalue weighted by Crippen LogP contribution is 2.12. The number of hydrogen-bond donors (Lipinski definition) is 2. The van der Waals surface area contributed by atoms with Crippen LogP contribution < -0.4 is 4.72 Å². The molecular weight excluding hydrogens is 242 g/mol. The van der Waals surface area contributed by atoms with Crippen molar-refractivity contribution in [3.8, 4) is 0 Å². The van der Waals surface area contributed by atoms with E-state index >= 15 is 0 Å². The Labute approximate surface area is 99.1 Å². The fourth-order valence-corrected chi connectivity index (χ4v) is 2.56. The van der Waals surface area contributed by atoms with Gasteiger partial charge in [0.15, 0.2) is 0 Å². The summed E-state index contributed by atoms with van der Waals surface area (Å²) in [5, 5.41) is 6.26. The number of aryl methyl sites for hydroxylation is 2. The molecule has 2 aromatic heterocycles. The summed E-state index contributed by atoms with van der Waals surface area (Å²) in [6, 6.07) is 3.52. The van der Waals surface area contributed by atoms with Crippen molar-refractivity contribution in [2.45, 2.75) is 25.3 Å². The van der Waals surface area contributed by atoms with Crippen LogP contribution in [0.1, 0.15) is 17.2 Å². The number of hydrogen-bond acceptors (Lipinski definition) is 4. The number of H-pyrrole nitrogens is 1. The molecule has 2 N–H and O–H groups in total. The van der Waals surface area contributed by atoms with Crippen LogP contribution in [0.4, 0.5) is 0 Å². The van der Waals surface area contributed by atoms with Crippen molar-refractivity contribution >= 4 is 10.0 Å². The highest BCUT2D eigenvalue weighted by atomic mass is 32.2. The van der Waals surface area contributed by atoms with Crippen LogP contribution in [0.25, 0.3) is 0 Å². The maximum absolute atomic E-state index is 11.9. The monoisotopic (exact) mass is 255 g/mol. The maximum Gasteiger partial charge on any atom is 0.244 e. The Balaban J connectivity index is 2.11. The largest absolute Gasteiger partial charge is 0.465 e. The molecule has 92 valence electrons. The van der Waals surface area contributed by atoms with Gasteiger partial charge >= 0.3 is 0 Å². The molecule has 7 heteroatoms. The molecule has 0 amide bonds. The van der Waals surface area contributed by atoms with Gasteiger partial charge in [-0.2, -0.15) is 5.10 Å². The van der Waals surface area contributed by atoms with E-state index in [2.05, 4.69) is 14.9 Å². The number of furan rings is 1. The van der Waals surface area contributed by atoms with Gasteiger partial charge in [-0.3, -0.25) is 5.10 Å². The molecule has 0 spiro atoms. The summed E-state index contributed by atoms with van der Waals surface area (Å²) in [6.45, 7) is 3.58. The number of aromatic amines is 1. The lowest BCUT2D eigenvalue weighted by atomic mass is 10.4. The van der Waals surface area contributed by atoms with E-state index < -0.39 is 10.0 Å². The molecule has 0 saturated carbocycles. The van der Waals surface area contributed by atoms with Gasteiger partial charge in [0, 0.05) is 0 Å². The van der Waals surface area contributed by atoms with E-state index in [1.165, 1.54) is 6.20 Å². The second-order valence-corrected chi connectivity index (χ2v) is 5.43. The predicted octanol–water partition coefficient (Wildman–Crippen LogP) is 1.10. The zero-order valence-electron chi connectivity index (χ0n) is 9.52. The molecule has 0 saturated heterocycles. The minimum absolute atomic E-state index is 0.126. The average molecular weight is 255 g/mol. The van der Waals surface area contributed by atoms with Crippen molar-refractivity contribution in [3.05, 3.63) is 35.5 Å². The second kappa shape index (κ2) is 4.34. The molecule has 0 aromatic carbocycles. The SMILES string of the molecule is Cc1ccc(CNS(=O)(=O)c2cn[nH]c2C)o1. The molecule has 2 heterocycles. The summed E-state index contributed by atoms with van der Waals surface area (Å²) in [6.07, 6.45) is 1.28. The van der Waals surface area contributed by atoms with Gasteiger partial charge in [-0.05, 0) is 26.0 Å². The third-order valence-electron chi connectivity index (χ3n) is 2.31. The van der Waals surface area contributed by atoms with Crippen molar-refractivity contribution in [2.75, 3.05) is 0 Å². The van der Waals surface area contributed by atoms with Crippen molar-refractivity contribution in [3.63, 3.8) is 0 Å². The van der Waals surface area contributed by atoms with Crippen LogP contribution in [0.3, 0.4) is 0 Å².